The molecule has 6 heteroatoms. The Kier molecular flexibility index (Phi) is 5.04. The predicted octanol–water partition coefficient (Wildman–Crippen LogP) is 2.86. The van der Waals surface area contributed by atoms with Gasteiger partial charge in [0, 0.05) is 19.2 Å². The zero-order valence-corrected chi connectivity index (χ0v) is 15.1. The first-order valence-corrected chi connectivity index (χ1v) is 9.37. The van der Waals surface area contributed by atoms with Crippen LogP contribution in [0.3, 0.4) is 0 Å². The van der Waals surface area contributed by atoms with Gasteiger partial charge in [0.05, 0.1) is 24.5 Å². The van der Waals surface area contributed by atoms with Gasteiger partial charge in [-0.3, -0.25) is 14.7 Å². The van der Waals surface area contributed by atoms with Crippen LogP contribution in [0, 0.1) is 5.92 Å². The Morgan fingerprint density at radius 1 is 1.35 bits per heavy atom. The van der Waals surface area contributed by atoms with E-state index in [1.165, 1.54) is 0 Å². The number of hydrogen-bond acceptors (Lipinski definition) is 5. The van der Waals surface area contributed by atoms with Gasteiger partial charge in [-0.25, -0.2) is 0 Å². The molecule has 2 aliphatic rings. The normalized spacial score (nSPS) is 25.8. The molecule has 2 fully saturated rings. The predicted molar refractivity (Wildman–Crippen MR) is 97.6 cm³/mol. The minimum absolute atomic E-state index is 0.0717. The van der Waals surface area contributed by atoms with Crippen molar-refractivity contribution >= 4 is 11.6 Å². The van der Waals surface area contributed by atoms with E-state index in [-0.39, 0.29) is 18.1 Å². The van der Waals surface area contributed by atoms with E-state index in [2.05, 4.69) is 28.2 Å². The van der Waals surface area contributed by atoms with Crippen molar-refractivity contribution in [1.29, 1.82) is 0 Å². The Morgan fingerprint density at radius 2 is 2.23 bits per heavy atom. The number of aromatic nitrogens is 1. The number of fused-ring (bicyclic) bond motifs is 1. The van der Waals surface area contributed by atoms with Crippen molar-refractivity contribution in [3.05, 3.63) is 48.2 Å². The molecule has 2 aromatic rings. The molecule has 0 spiro atoms. The SMILES string of the molecule is CCc1ccc(CN2CC[C@@H]3C[C@@H](C(=O)Nc4cccnc4)O[C@H]3C2)o1. The third-order valence-electron chi connectivity index (χ3n) is 5.30. The van der Waals surface area contributed by atoms with Gasteiger partial charge in [0.1, 0.15) is 17.6 Å². The number of ether oxygens (including phenoxy) is 1. The summed E-state index contributed by atoms with van der Waals surface area (Å²) in [4.78, 5) is 18.9. The van der Waals surface area contributed by atoms with Gasteiger partial charge in [-0.2, -0.15) is 0 Å². The van der Waals surface area contributed by atoms with Crippen LogP contribution in [0.15, 0.2) is 41.1 Å². The standard InChI is InChI=1S/C20H25N3O3/c1-2-16-5-6-17(25-16)12-23-9-7-14-10-18(26-19(14)13-23)20(24)22-15-4-3-8-21-11-15/h3-6,8,11,14,18-19H,2,7,9-10,12-13H2,1H3,(H,22,24)/t14-,18+,19+/m1/s1. The van der Waals surface area contributed by atoms with Crippen molar-refractivity contribution < 1.29 is 13.9 Å². The van der Waals surface area contributed by atoms with Gasteiger partial charge < -0.3 is 14.5 Å². The largest absolute Gasteiger partial charge is 0.465 e. The fourth-order valence-corrected chi connectivity index (χ4v) is 3.88. The van der Waals surface area contributed by atoms with E-state index in [1.807, 2.05) is 12.1 Å². The number of nitrogens with zero attached hydrogens (tertiary/aromatic N) is 2. The minimum Gasteiger partial charge on any atom is -0.465 e. The van der Waals surface area contributed by atoms with Gasteiger partial charge >= 0.3 is 0 Å². The first-order valence-electron chi connectivity index (χ1n) is 9.37. The highest BCUT2D eigenvalue weighted by Gasteiger charge is 2.41. The third-order valence-corrected chi connectivity index (χ3v) is 5.30. The molecule has 2 aromatic heterocycles. The molecular weight excluding hydrogens is 330 g/mol. The highest BCUT2D eigenvalue weighted by molar-refractivity contribution is 5.94. The van der Waals surface area contributed by atoms with Crippen molar-refractivity contribution in [3.63, 3.8) is 0 Å². The number of carbonyl (C=O) groups is 1. The van der Waals surface area contributed by atoms with Gasteiger partial charge in [-0.1, -0.05) is 6.92 Å². The van der Waals surface area contributed by atoms with Gasteiger partial charge in [-0.15, -0.1) is 0 Å². The summed E-state index contributed by atoms with van der Waals surface area (Å²) < 4.78 is 11.9. The number of amides is 1. The van der Waals surface area contributed by atoms with Gasteiger partial charge in [0.15, 0.2) is 0 Å². The number of furan rings is 1. The maximum Gasteiger partial charge on any atom is 0.253 e. The summed E-state index contributed by atoms with van der Waals surface area (Å²) in [5.74, 6) is 2.42. The molecule has 2 aliphatic heterocycles. The highest BCUT2D eigenvalue weighted by Crippen LogP contribution is 2.34. The summed E-state index contributed by atoms with van der Waals surface area (Å²) in [5, 5.41) is 2.90. The molecule has 3 atom stereocenters. The molecule has 0 bridgehead atoms. The summed E-state index contributed by atoms with van der Waals surface area (Å²) >= 11 is 0. The zero-order valence-electron chi connectivity index (χ0n) is 15.1. The van der Waals surface area contributed by atoms with Crippen molar-refractivity contribution in [1.82, 2.24) is 9.88 Å². The van der Waals surface area contributed by atoms with Crippen LogP contribution >= 0.6 is 0 Å². The summed E-state index contributed by atoms with van der Waals surface area (Å²) in [5.41, 5.74) is 0.710. The fraction of sp³-hybridized carbons (Fsp3) is 0.500. The van der Waals surface area contributed by atoms with Gasteiger partial charge in [0.25, 0.3) is 5.91 Å². The molecule has 6 nitrogen and oxygen atoms in total. The minimum atomic E-state index is -0.375. The van der Waals surface area contributed by atoms with Crippen LogP contribution in [0.2, 0.25) is 0 Å². The summed E-state index contributed by atoms with van der Waals surface area (Å²) in [6, 6.07) is 7.75. The molecule has 1 amide bonds. The van der Waals surface area contributed by atoms with Crippen LogP contribution < -0.4 is 5.32 Å². The number of piperidine rings is 1. The Morgan fingerprint density at radius 3 is 3.00 bits per heavy atom. The van der Waals surface area contributed by atoms with E-state index in [0.29, 0.717) is 11.6 Å². The van der Waals surface area contributed by atoms with E-state index in [4.69, 9.17) is 9.15 Å². The average molecular weight is 355 g/mol. The lowest BCUT2D eigenvalue weighted by Crippen LogP contribution is -2.41. The number of aryl methyl sites for hydroxylation is 1. The molecule has 0 radical (unpaired) electrons. The second-order valence-electron chi connectivity index (χ2n) is 7.14. The number of anilines is 1. The lowest BCUT2D eigenvalue weighted by atomic mass is 9.91. The molecule has 4 heterocycles. The average Bonchev–Trinajstić information content (AvgIpc) is 3.29. The van der Waals surface area contributed by atoms with E-state index < -0.39 is 0 Å². The number of rotatable bonds is 5. The number of hydrogen-bond donors (Lipinski definition) is 1. The summed E-state index contributed by atoms with van der Waals surface area (Å²) in [7, 11) is 0. The number of likely N-dealkylation sites (tertiary alicyclic amines) is 1. The second kappa shape index (κ2) is 7.60. The topological polar surface area (TPSA) is 67.6 Å². The molecule has 4 rings (SSSR count). The molecule has 26 heavy (non-hydrogen) atoms. The monoisotopic (exact) mass is 355 g/mol. The van der Waals surface area contributed by atoms with Crippen molar-refractivity contribution in [2.45, 2.75) is 44.9 Å². The van der Waals surface area contributed by atoms with E-state index in [0.717, 1.165) is 50.4 Å². The number of nitrogens with one attached hydrogen (secondary N) is 1. The molecule has 0 unspecified atom stereocenters. The van der Waals surface area contributed by atoms with Crippen LogP contribution in [0.4, 0.5) is 5.69 Å². The van der Waals surface area contributed by atoms with Gasteiger partial charge in [-0.05, 0) is 49.6 Å². The van der Waals surface area contributed by atoms with Gasteiger partial charge in [0.2, 0.25) is 0 Å². The van der Waals surface area contributed by atoms with Crippen LogP contribution in [-0.2, 0) is 22.5 Å². The second-order valence-corrected chi connectivity index (χ2v) is 7.14. The highest BCUT2D eigenvalue weighted by atomic mass is 16.5. The third kappa shape index (κ3) is 3.81. The Bertz CT molecular complexity index is 746. The molecule has 0 aliphatic carbocycles. The lowest BCUT2D eigenvalue weighted by Gasteiger charge is -2.33. The summed E-state index contributed by atoms with van der Waals surface area (Å²) in [6.07, 6.45) is 5.85. The van der Waals surface area contributed by atoms with Crippen molar-refractivity contribution in [2.75, 3.05) is 18.4 Å². The van der Waals surface area contributed by atoms with Crippen LogP contribution in [0.5, 0.6) is 0 Å². The molecular formula is C20H25N3O3. The van der Waals surface area contributed by atoms with E-state index in [1.54, 1.807) is 18.5 Å². The molecule has 0 saturated carbocycles. The molecule has 1 N–H and O–H groups in total. The zero-order chi connectivity index (χ0) is 17.9. The van der Waals surface area contributed by atoms with Crippen LogP contribution in [0.25, 0.3) is 0 Å². The van der Waals surface area contributed by atoms with E-state index in [9.17, 15) is 4.79 Å². The molecule has 138 valence electrons. The number of pyridine rings is 1. The fourth-order valence-electron chi connectivity index (χ4n) is 3.88. The lowest BCUT2D eigenvalue weighted by molar-refractivity contribution is -0.127. The molecule has 2 saturated heterocycles. The van der Waals surface area contributed by atoms with Crippen LogP contribution in [-0.4, -0.2) is 41.1 Å². The van der Waals surface area contributed by atoms with Crippen molar-refractivity contribution in [3.8, 4) is 0 Å². The van der Waals surface area contributed by atoms with Crippen molar-refractivity contribution in [2.24, 2.45) is 5.92 Å². The summed E-state index contributed by atoms with van der Waals surface area (Å²) in [6.45, 7) is 4.77. The Hall–Kier alpha value is -2.18. The maximum absolute atomic E-state index is 12.5. The first kappa shape index (κ1) is 17.2. The Balaban J connectivity index is 1.32. The number of carbonyl (C=O) groups excluding carboxylic acids is 1. The maximum atomic E-state index is 12.5. The van der Waals surface area contributed by atoms with Crippen LogP contribution in [0.1, 0.15) is 31.3 Å². The smallest absolute Gasteiger partial charge is 0.253 e. The molecule has 0 aromatic carbocycles. The van der Waals surface area contributed by atoms with E-state index >= 15 is 0 Å². The Labute approximate surface area is 153 Å². The first-order chi connectivity index (χ1) is 12.7. The quantitative estimate of drug-likeness (QED) is 0.893.